The molecule has 0 fully saturated rings. The molecule has 0 radical (unpaired) electrons. The number of carbonyl (C=O) groups is 1. The number of hydrogen-bond acceptors (Lipinski definition) is 2. The quantitative estimate of drug-likeness (QED) is 0.666. The van der Waals surface area contributed by atoms with E-state index >= 15 is 0 Å². The molecule has 0 heterocycles. The Balaban J connectivity index is 4.47. The van der Waals surface area contributed by atoms with Gasteiger partial charge in [0.1, 0.15) is 0 Å². The van der Waals surface area contributed by atoms with Crippen LogP contribution in [0.15, 0.2) is 0 Å². The third-order valence-corrected chi connectivity index (χ3v) is 4.63. The van der Waals surface area contributed by atoms with Crippen molar-refractivity contribution in [2.24, 2.45) is 5.92 Å². The van der Waals surface area contributed by atoms with E-state index < -0.39 is 20.8 Å². The van der Waals surface area contributed by atoms with Gasteiger partial charge in [0.2, 0.25) is 0 Å². The van der Waals surface area contributed by atoms with Crippen LogP contribution in [0.1, 0.15) is 33.6 Å². The molecule has 0 aliphatic carbocycles. The lowest BCUT2D eigenvalue weighted by atomic mass is 9.91. The minimum absolute atomic E-state index is 0.210. The monoisotopic (exact) mass is 204 g/mol. The standard InChI is InChI=1S/C9H20O3Si/c1-5-6-7(2)9(3,8(10)11)13-12-4/h7H,5-6,13H2,1-4H3,(H,10,11). The van der Waals surface area contributed by atoms with Gasteiger partial charge in [-0.25, -0.2) is 0 Å². The Morgan fingerprint density at radius 3 is 2.54 bits per heavy atom. The summed E-state index contributed by atoms with van der Waals surface area (Å²) in [4.78, 5) is 11.1. The molecule has 0 amide bonds. The summed E-state index contributed by atoms with van der Waals surface area (Å²) in [6.07, 6.45) is 1.99. The van der Waals surface area contributed by atoms with Crippen LogP contribution in [0, 0.1) is 5.92 Å². The van der Waals surface area contributed by atoms with Crippen LogP contribution in [0.4, 0.5) is 0 Å². The van der Waals surface area contributed by atoms with Crippen molar-refractivity contribution >= 4 is 15.7 Å². The first-order valence-corrected chi connectivity index (χ1v) is 5.99. The summed E-state index contributed by atoms with van der Waals surface area (Å²) < 4.78 is 5.09. The molecule has 13 heavy (non-hydrogen) atoms. The van der Waals surface area contributed by atoms with Crippen molar-refractivity contribution in [2.75, 3.05) is 7.11 Å². The van der Waals surface area contributed by atoms with Gasteiger partial charge in [-0.1, -0.05) is 26.7 Å². The minimum Gasteiger partial charge on any atom is -0.481 e. The lowest BCUT2D eigenvalue weighted by molar-refractivity contribution is -0.142. The molecule has 0 saturated heterocycles. The summed E-state index contributed by atoms with van der Waals surface area (Å²) in [6, 6.07) is 0. The van der Waals surface area contributed by atoms with Crippen LogP contribution in [0.5, 0.6) is 0 Å². The summed E-state index contributed by atoms with van der Waals surface area (Å²) >= 11 is 0. The highest BCUT2D eigenvalue weighted by Gasteiger charge is 2.39. The van der Waals surface area contributed by atoms with E-state index in [1.807, 2.05) is 13.8 Å². The molecule has 78 valence electrons. The Morgan fingerprint density at radius 1 is 1.69 bits per heavy atom. The molecule has 4 heteroatoms. The van der Waals surface area contributed by atoms with Crippen molar-refractivity contribution in [1.82, 2.24) is 0 Å². The van der Waals surface area contributed by atoms with E-state index in [9.17, 15) is 4.79 Å². The van der Waals surface area contributed by atoms with Crippen molar-refractivity contribution in [1.29, 1.82) is 0 Å². The van der Waals surface area contributed by atoms with Gasteiger partial charge >= 0.3 is 5.97 Å². The second-order valence-electron chi connectivity index (χ2n) is 3.85. The van der Waals surface area contributed by atoms with Gasteiger partial charge in [0.15, 0.2) is 9.76 Å². The minimum atomic E-state index is -0.976. The molecule has 2 atom stereocenters. The Hall–Kier alpha value is -0.353. The summed E-state index contributed by atoms with van der Waals surface area (Å²) in [7, 11) is 0.628. The lowest BCUT2D eigenvalue weighted by Crippen LogP contribution is -2.34. The number of hydrogen-bond donors (Lipinski definition) is 1. The van der Waals surface area contributed by atoms with E-state index in [0.717, 1.165) is 12.8 Å². The summed E-state index contributed by atoms with van der Waals surface area (Å²) in [5.74, 6) is -0.497. The van der Waals surface area contributed by atoms with Crippen molar-refractivity contribution < 1.29 is 14.3 Å². The average Bonchev–Trinajstić information content (AvgIpc) is 2.04. The summed E-state index contributed by atoms with van der Waals surface area (Å²) in [5, 5.41) is 8.51. The first-order valence-electron chi connectivity index (χ1n) is 4.71. The molecule has 0 spiro atoms. The van der Waals surface area contributed by atoms with Gasteiger partial charge in [-0.05, 0) is 12.8 Å². The second-order valence-corrected chi connectivity index (χ2v) is 6.18. The van der Waals surface area contributed by atoms with Crippen LogP contribution in [0.2, 0.25) is 5.04 Å². The molecular weight excluding hydrogens is 184 g/mol. The Kier molecular flexibility index (Phi) is 5.25. The van der Waals surface area contributed by atoms with E-state index in [2.05, 4.69) is 6.92 Å². The van der Waals surface area contributed by atoms with E-state index in [-0.39, 0.29) is 5.92 Å². The number of carboxylic acid groups (broad SMARTS) is 1. The molecule has 2 unspecified atom stereocenters. The van der Waals surface area contributed by atoms with Crippen molar-refractivity contribution in [2.45, 2.75) is 38.7 Å². The lowest BCUT2D eigenvalue weighted by Gasteiger charge is -2.29. The maximum absolute atomic E-state index is 11.1. The SMILES string of the molecule is CCCC(C)C(C)([SiH2]OC)C(=O)O. The largest absolute Gasteiger partial charge is 0.481 e. The third-order valence-electron chi connectivity index (χ3n) is 2.74. The fourth-order valence-electron chi connectivity index (χ4n) is 1.47. The first kappa shape index (κ1) is 12.6. The molecule has 1 N–H and O–H groups in total. The van der Waals surface area contributed by atoms with Gasteiger partial charge < -0.3 is 9.53 Å². The predicted molar refractivity (Wildman–Crippen MR) is 55.6 cm³/mol. The van der Waals surface area contributed by atoms with Crippen LogP contribution in [-0.4, -0.2) is 27.9 Å². The molecule has 0 rings (SSSR count). The molecule has 0 aromatic heterocycles. The zero-order chi connectivity index (χ0) is 10.5. The van der Waals surface area contributed by atoms with E-state index in [4.69, 9.17) is 9.53 Å². The fraction of sp³-hybridized carbons (Fsp3) is 0.889. The molecular formula is C9H20O3Si. The van der Waals surface area contributed by atoms with Crippen LogP contribution in [-0.2, 0) is 9.22 Å². The second kappa shape index (κ2) is 5.39. The van der Waals surface area contributed by atoms with E-state index in [1.165, 1.54) is 0 Å². The highest BCUT2D eigenvalue weighted by molar-refractivity contribution is 6.40. The van der Waals surface area contributed by atoms with Crippen LogP contribution >= 0.6 is 0 Å². The molecule has 0 saturated carbocycles. The third kappa shape index (κ3) is 3.12. The van der Waals surface area contributed by atoms with Crippen molar-refractivity contribution in [3.8, 4) is 0 Å². The highest BCUT2D eigenvalue weighted by atomic mass is 28.2. The van der Waals surface area contributed by atoms with Gasteiger partial charge in [0.05, 0.1) is 5.04 Å². The summed E-state index contributed by atoms with van der Waals surface area (Å²) in [6.45, 7) is 5.89. The molecule has 0 aliphatic rings. The molecule has 0 aromatic carbocycles. The van der Waals surface area contributed by atoms with Gasteiger partial charge in [-0.3, -0.25) is 4.79 Å². The molecule has 0 aliphatic heterocycles. The van der Waals surface area contributed by atoms with Gasteiger partial charge in [0.25, 0.3) is 0 Å². The van der Waals surface area contributed by atoms with E-state index in [0.29, 0.717) is 0 Å². The molecule has 0 bridgehead atoms. The van der Waals surface area contributed by atoms with Gasteiger partial charge in [0, 0.05) is 7.11 Å². The Labute approximate surface area is 82.4 Å². The smallest absolute Gasteiger partial charge is 0.308 e. The van der Waals surface area contributed by atoms with Gasteiger partial charge in [-0.2, -0.15) is 0 Å². The van der Waals surface area contributed by atoms with Crippen LogP contribution < -0.4 is 0 Å². The zero-order valence-corrected chi connectivity index (χ0v) is 10.4. The number of rotatable bonds is 6. The maximum atomic E-state index is 11.1. The molecule has 3 nitrogen and oxygen atoms in total. The predicted octanol–water partition coefficient (Wildman–Crippen LogP) is 1.42. The van der Waals surface area contributed by atoms with Crippen molar-refractivity contribution in [3.05, 3.63) is 0 Å². The maximum Gasteiger partial charge on any atom is 0.308 e. The van der Waals surface area contributed by atoms with Gasteiger partial charge in [-0.15, -0.1) is 0 Å². The first-order chi connectivity index (χ1) is 5.99. The van der Waals surface area contributed by atoms with Crippen LogP contribution in [0.25, 0.3) is 0 Å². The Bertz CT molecular complexity index is 172. The topological polar surface area (TPSA) is 46.5 Å². The molecule has 0 aromatic rings. The van der Waals surface area contributed by atoms with Crippen LogP contribution in [0.3, 0.4) is 0 Å². The highest BCUT2D eigenvalue weighted by Crippen LogP contribution is 2.37. The number of aliphatic carboxylic acids is 1. The Morgan fingerprint density at radius 2 is 2.23 bits per heavy atom. The van der Waals surface area contributed by atoms with Crippen molar-refractivity contribution in [3.63, 3.8) is 0 Å². The normalized spacial score (nSPS) is 18.8. The summed E-state index contributed by atoms with van der Waals surface area (Å²) in [5.41, 5.74) is 0. The van der Waals surface area contributed by atoms with E-state index in [1.54, 1.807) is 7.11 Å². The number of carboxylic acids is 1. The average molecular weight is 204 g/mol. The zero-order valence-electron chi connectivity index (χ0n) is 8.96. The fourth-order valence-corrected chi connectivity index (χ4v) is 2.68.